The van der Waals surface area contributed by atoms with Crippen LogP contribution in [0, 0.1) is 5.82 Å². The highest BCUT2D eigenvalue weighted by Gasteiger charge is 2.22. The largest absolute Gasteiger partial charge is 0.436 e. The number of para-hydroxylation sites is 1. The van der Waals surface area contributed by atoms with E-state index in [1.165, 1.54) is 12.3 Å². The number of piperazine rings is 1. The van der Waals surface area contributed by atoms with Crippen LogP contribution in [0.3, 0.4) is 0 Å². The second kappa shape index (κ2) is 11.1. The van der Waals surface area contributed by atoms with Gasteiger partial charge in [-0.3, -0.25) is 9.59 Å². The van der Waals surface area contributed by atoms with Crippen molar-refractivity contribution in [2.45, 2.75) is 6.42 Å². The maximum atomic E-state index is 14.1. The third-order valence-corrected chi connectivity index (χ3v) is 6.43. The van der Waals surface area contributed by atoms with Gasteiger partial charge in [-0.1, -0.05) is 42.5 Å². The summed E-state index contributed by atoms with van der Waals surface area (Å²) in [7, 11) is 0. The molecule has 0 saturated carbocycles. The van der Waals surface area contributed by atoms with Gasteiger partial charge in [0.2, 0.25) is 11.8 Å². The molecular weight excluding hydrogens is 471 g/mol. The van der Waals surface area contributed by atoms with Crippen molar-refractivity contribution in [3.8, 4) is 22.8 Å². The molecule has 1 fully saturated rings. The summed E-state index contributed by atoms with van der Waals surface area (Å²) in [6.07, 6.45) is 1.66. The molecule has 2 heterocycles. The Kier molecular flexibility index (Phi) is 7.26. The van der Waals surface area contributed by atoms with Crippen molar-refractivity contribution >= 4 is 17.5 Å². The van der Waals surface area contributed by atoms with Crippen LogP contribution in [-0.2, 0) is 4.79 Å². The minimum absolute atomic E-state index is 0.0172. The lowest BCUT2D eigenvalue weighted by Crippen LogP contribution is -2.49. The topological polar surface area (TPSA) is 78.7 Å². The average molecular weight is 499 g/mol. The van der Waals surface area contributed by atoms with Crippen LogP contribution in [0.1, 0.15) is 16.8 Å². The predicted octanol–water partition coefficient (Wildman–Crippen LogP) is 4.62. The zero-order valence-corrected chi connectivity index (χ0v) is 20.3. The maximum Gasteiger partial charge on any atom is 0.252 e. The molecule has 0 radical (unpaired) electrons. The van der Waals surface area contributed by atoms with Gasteiger partial charge in [0, 0.05) is 50.4 Å². The molecule has 4 aromatic rings. The highest BCUT2D eigenvalue weighted by Crippen LogP contribution is 2.29. The zero-order valence-electron chi connectivity index (χ0n) is 20.3. The molecule has 7 nitrogen and oxygen atoms in total. The number of halogens is 1. The van der Waals surface area contributed by atoms with Crippen molar-refractivity contribution < 1.29 is 18.4 Å². The molecule has 8 heteroatoms. The molecule has 1 aromatic heterocycles. The van der Waals surface area contributed by atoms with Gasteiger partial charge >= 0.3 is 0 Å². The molecule has 3 aromatic carbocycles. The van der Waals surface area contributed by atoms with Gasteiger partial charge in [-0.15, -0.1) is 0 Å². The fraction of sp³-hybridized carbons (Fsp3) is 0.207. The summed E-state index contributed by atoms with van der Waals surface area (Å²) >= 11 is 0. The van der Waals surface area contributed by atoms with Crippen molar-refractivity contribution in [2.24, 2.45) is 0 Å². The summed E-state index contributed by atoms with van der Waals surface area (Å²) in [5, 5.41) is 2.84. The number of rotatable bonds is 7. The monoisotopic (exact) mass is 498 g/mol. The van der Waals surface area contributed by atoms with E-state index >= 15 is 0 Å². The van der Waals surface area contributed by atoms with Crippen LogP contribution in [-0.4, -0.2) is 54.4 Å². The Labute approximate surface area is 214 Å². The highest BCUT2D eigenvalue weighted by atomic mass is 19.1. The van der Waals surface area contributed by atoms with Gasteiger partial charge in [0.05, 0.1) is 17.3 Å². The van der Waals surface area contributed by atoms with Crippen LogP contribution < -0.4 is 10.2 Å². The van der Waals surface area contributed by atoms with Crippen molar-refractivity contribution in [1.29, 1.82) is 0 Å². The molecule has 1 N–H and O–H groups in total. The van der Waals surface area contributed by atoms with E-state index in [9.17, 15) is 14.0 Å². The molecule has 188 valence electrons. The number of carbonyl (C=O) groups excluding carboxylic acids is 2. The van der Waals surface area contributed by atoms with E-state index in [0.717, 1.165) is 18.8 Å². The Hall–Kier alpha value is -4.46. The first-order valence-electron chi connectivity index (χ1n) is 12.3. The molecule has 0 bridgehead atoms. The lowest BCUT2D eigenvalue weighted by molar-refractivity contribution is -0.131. The second-order valence-corrected chi connectivity index (χ2v) is 8.76. The Morgan fingerprint density at radius 2 is 1.54 bits per heavy atom. The number of aromatic nitrogens is 1. The molecule has 0 unspecified atom stereocenters. The Morgan fingerprint density at radius 1 is 0.865 bits per heavy atom. The van der Waals surface area contributed by atoms with Gasteiger partial charge in [-0.2, -0.15) is 0 Å². The van der Waals surface area contributed by atoms with Gasteiger partial charge in [0.15, 0.2) is 5.76 Å². The molecule has 0 spiro atoms. The summed E-state index contributed by atoms with van der Waals surface area (Å²) in [6.45, 7) is 3.08. The molecule has 0 atom stereocenters. The minimum atomic E-state index is -0.414. The molecule has 37 heavy (non-hydrogen) atoms. The van der Waals surface area contributed by atoms with Crippen LogP contribution >= 0.6 is 0 Å². The summed E-state index contributed by atoms with van der Waals surface area (Å²) in [5.74, 6) is -0.230. The summed E-state index contributed by atoms with van der Waals surface area (Å²) < 4.78 is 19.9. The van der Waals surface area contributed by atoms with Crippen molar-refractivity contribution in [1.82, 2.24) is 15.2 Å². The number of oxazole rings is 1. The predicted molar refractivity (Wildman–Crippen MR) is 140 cm³/mol. The van der Waals surface area contributed by atoms with E-state index in [4.69, 9.17) is 4.42 Å². The standard InChI is InChI=1S/C29H27FN4O3/c30-25-13-7-6-12-24(25)26-20-32-29(37-26)23-11-5-4-10-22(23)28(36)31-15-14-27(35)34-18-16-33(17-19-34)21-8-2-1-3-9-21/h1-13,20H,14-19H2,(H,31,36). The molecule has 0 aliphatic carbocycles. The van der Waals surface area contributed by atoms with Gasteiger partial charge in [0.25, 0.3) is 5.91 Å². The fourth-order valence-electron chi connectivity index (χ4n) is 4.44. The van der Waals surface area contributed by atoms with Crippen LogP contribution in [0.2, 0.25) is 0 Å². The summed E-state index contributed by atoms with van der Waals surface area (Å²) in [5.41, 5.74) is 2.32. The molecule has 1 aliphatic heterocycles. The van der Waals surface area contributed by atoms with E-state index < -0.39 is 5.82 Å². The molecular formula is C29H27FN4O3. The van der Waals surface area contributed by atoms with E-state index in [-0.39, 0.29) is 36.4 Å². The third-order valence-electron chi connectivity index (χ3n) is 6.43. The normalized spacial score (nSPS) is 13.4. The van der Waals surface area contributed by atoms with Crippen LogP contribution in [0.25, 0.3) is 22.8 Å². The van der Waals surface area contributed by atoms with E-state index in [1.807, 2.05) is 23.1 Å². The molecule has 2 amide bonds. The number of benzene rings is 3. The van der Waals surface area contributed by atoms with Crippen LogP contribution in [0.15, 0.2) is 89.5 Å². The number of nitrogens with zero attached hydrogens (tertiary/aromatic N) is 3. The average Bonchev–Trinajstić information content (AvgIpc) is 3.44. The lowest BCUT2D eigenvalue weighted by atomic mass is 10.1. The smallest absolute Gasteiger partial charge is 0.252 e. The van der Waals surface area contributed by atoms with Gasteiger partial charge in [-0.05, 0) is 36.4 Å². The molecule has 1 saturated heterocycles. The Morgan fingerprint density at radius 3 is 2.30 bits per heavy atom. The summed E-state index contributed by atoms with van der Waals surface area (Å²) in [4.78, 5) is 34.0. The molecule has 5 rings (SSSR count). The minimum Gasteiger partial charge on any atom is -0.436 e. The third kappa shape index (κ3) is 5.53. The van der Waals surface area contributed by atoms with E-state index in [1.54, 1.807) is 42.5 Å². The Balaban J connectivity index is 1.17. The quantitative estimate of drug-likeness (QED) is 0.402. The zero-order chi connectivity index (χ0) is 25.6. The van der Waals surface area contributed by atoms with Crippen molar-refractivity contribution in [2.75, 3.05) is 37.6 Å². The van der Waals surface area contributed by atoms with Gasteiger partial charge in [-0.25, -0.2) is 9.37 Å². The first kappa shape index (κ1) is 24.2. The van der Waals surface area contributed by atoms with Crippen molar-refractivity contribution in [3.63, 3.8) is 0 Å². The van der Waals surface area contributed by atoms with Gasteiger partial charge in [0.1, 0.15) is 5.82 Å². The number of hydrogen-bond acceptors (Lipinski definition) is 5. The number of anilines is 1. The first-order valence-corrected chi connectivity index (χ1v) is 12.3. The second-order valence-electron chi connectivity index (χ2n) is 8.76. The number of amides is 2. The molecule has 1 aliphatic rings. The first-order chi connectivity index (χ1) is 18.1. The number of carbonyl (C=O) groups is 2. The van der Waals surface area contributed by atoms with E-state index in [0.29, 0.717) is 29.8 Å². The number of nitrogens with one attached hydrogen (secondary N) is 1. The Bertz CT molecular complexity index is 1380. The SMILES string of the molecule is O=C(NCCC(=O)N1CCN(c2ccccc2)CC1)c1ccccc1-c1ncc(-c2ccccc2F)o1. The highest BCUT2D eigenvalue weighted by molar-refractivity contribution is 6.00. The van der Waals surface area contributed by atoms with Crippen molar-refractivity contribution in [3.05, 3.63) is 96.4 Å². The van der Waals surface area contributed by atoms with E-state index in [2.05, 4.69) is 27.3 Å². The fourth-order valence-corrected chi connectivity index (χ4v) is 4.44. The summed E-state index contributed by atoms with van der Waals surface area (Å²) in [6, 6.07) is 23.4. The van der Waals surface area contributed by atoms with Crippen LogP contribution in [0.5, 0.6) is 0 Å². The van der Waals surface area contributed by atoms with Crippen LogP contribution in [0.4, 0.5) is 10.1 Å². The van der Waals surface area contributed by atoms with Gasteiger partial charge < -0.3 is 19.5 Å². The maximum absolute atomic E-state index is 14.1. The lowest BCUT2D eigenvalue weighted by Gasteiger charge is -2.36. The number of hydrogen-bond donors (Lipinski definition) is 1.